The first kappa shape index (κ1) is 18.4. The van der Waals surface area contributed by atoms with Gasteiger partial charge in [0.15, 0.2) is 0 Å². The van der Waals surface area contributed by atoms with E-state index in [2.05, 4.69) is 0 Å². The molecule has 0 aromatic heterocycles. The number of nitrogens with two attached hydrogens (primary N) is 1. The molecule has 7 nitrogen and oxygen atoms in total. The fraction of sp³-hybridized carbons (Fsp3) is 0.278. The average Bonchev–Trinajstić information content (AvgIpc) is 2.58. The second-order valence-corrected chi connectivity index (χ2v) is 5.87. The van der Waals surface area contributed by atoms with E-state index in [0.29, 0.717) is 12.1 Å². The lowest BCUT2D eigenvalue weighted by Gasteiger charge is -2.27. The highest BCUT2D eigenvalue weighted by molar-refractivity contribution is 5.74. The lowest BCUT2D eigenvalue weighted by atomic mass is 10.1. The van der Waals surface area contributed by atoms with E-state index in [1.807, 2.05) is 36.1 Å². The smallest absolute Gasteiger partial charge is 0.269 e. The van der Waals surface area contributed by atoms with Crippen molar-refractivity contribution >= 4 is 17.3 Å². The number of hydrogen-bond acceptors (Lipinski definition) is 5. The van der Waals surface area contributed by atoms with Gasteiger partial charge in [0.1, 0.15) is 0 Å². The minimum atomic E-state index is -0.937. The van der Waals surface area contributed by atoms with E-state index in [4.69, 9.17) is 5.73 Å². The van der Waals surface area contributed by atoms with E-state index in [1.165, 1.54) is 18.2 Å². The molecule has 0 fully saturated rings. The molecule has 0 aliphatic carbocycles. The van der Waals surface area contributed by atoms with Crippen molar-refractivity contribution in [3.8, 4) is 0 Å². The summed E-state index contributed by atoms with van der Waals surface area (Å²) in [6.07, 6.45) is -0.788. The summed E-state index contributed by atoms with van der Waals surface area (Å²) in [6.45, 7) is 2.50. The molecule has 0 aliphatic heterocycles. The zero-order valence-corrected chi connectivity index (χ0v) is 14.0. The molecule has 2 rings (SSSR count). The summed E-state index contributed by atoms with van der Waals surface area (Å²) in [7, 11) is 0. The zero-order chi connectivity index (χ0) is 18.4. The first-order valence-corrected chi connectivity index (χ1v) is 7.89. The molecule has 0 saturated carbocycles. The number of hydrogen-bond donors (Lipinski definition) is 2. The number of rotatable bonds is 8. The molecular weight excluding hydrogens is 322 g/mol. The molecule has 3 N–H and O–H groups in total. The van der Waals surface area contributed by atoms with Crippen molar-refractivity contribution < 1.29 is 14.8 Å². The van der Waals surface area contributed by atoms with Crippen LogP contribution in [-0.4, -0.2) is 29.0 Å². The molecule has 0 heterocycles. The first-order valence-electron chi connectivity index (χ1n) is 7.89. The predicted octanol–water partition coefficient (Wildman–Crippen LogP) is 2.32. The average molecular weight is 343 g/mol. The number of carbonyl (C=O) groups is 1. The molecule has 7 heteroatoms. The Balaban J connectivity index is 2.21. The lowest BCUT2D eigenvalue weighted by Crippen LogP contribution is -2.32. The van der Waals surface area contributed by atoms with Gasteiger partial charge in [-0.25, -0.2) is 0 Å². The Labute approximate surface area is 145 Å². The van der Waals surface area contributed by atoms with Crippen LogP contribution in [-0.2, 0) is 4.79 Å². The molecule has 25 heavy (non-hydrogen) atoms. The number of non-ortho nitro benzene ring substituents is 1. The van der Waals surface area contributed by atoms with Crippen molar-refractivity contribution in [3.05, 3.63) is 69.8 Å². The quantitative estimate of drug-likeness (QED) is 0.564. The normalized spacial score (nSPS) is 11.8. The van der Waals surface area contributed by atoms with E-state index >= 15 is 0 Å². The Morgan fingerprint density at radius 2 is 2.00 bits per heavy atom. The highest BCUT2D eigenvalue weighted by Crippen LogP contribution is 2.23. The maximum absolute atomic E-state index is 11.1. The molecule has 1 atom stereocenters. The fourth-order valence-corrected chi connectivity index (χ4v) is 2.56. The van der Waals surface area contributed by atoms with Gasteiger partial charge in [-0.05, 0) is 30.2 Å². The van der Waals surface area contributed by atoms with Crippen LogP contribution in [0.2, 0.25) is 0 Å². The molecular formula is C18H21N3O4. The number of nitrogens with zero attached hydrogens (tertiary/aromatic N) is 2. The maximum Gasteiger partial charge on any atom is 0.269 e. The predicted molar refractivity (Wildman–Crippen MR) is 95.3 cm³/mol. The van der Waals surface area contributed by atoms with Gasteiger partial charge in [-0.3, -0.25) is 14.9 Å². The number of nitro groups is 1. The van der Waals surface area contributed by atoms with Gasteiger partial charge >= 0.3 is 0 Å². The molecule has 132 valence electrons. The van der Waals surface area contributed by atoms with E-state index in [0.717, 1.165) is 11.3 Å². The third-order valence-electron chi connectivity index (χ3n) is 3.85. The van der Waals surface area contributed by atoms with E-state index in [9.17, 15) is 20.0 Å². The number of aryl methyl sites for hydroxylation is 1. The first-order chi connectivity index (χ1) is 11.9. The van der Waals surface area contributed by atoms with Crippen LogP contribution in [0.25, 0.3) is 0 Å². The van der Waals surface area contributed by atoms with Crippen LogP contribution >= 0.6 is 0 Å². The third kappa shape index (κ3) is 5.29. The van der Waals surface area contributed by atoms with Crippen molar-refractivity contribution in [1.29, 1.82) is 0 Å². The molecule has 1 unspecified atom stereocenters. The van der Waals surface area contributed by atoms with Crippen molar-refractivity contribution in [2.75, 3.05) is 18.0 Å². The number of benzene rings is 2. The topological polar surface area (TPSA) is 110 Å². The van der Waals surface area contributed by atoms with Crippen LogP contribution in [0.4, 0.5) is 11.4 Å². The largest absolute Gasteiger partial charge is 0.387 e. The van der Waals surface area contributed by atoms with Crippen LogP contribution < -0.4 is 10.6 Å². The fourth-order valence-electron chi connectivity index (χ4n) is 2.56. The Morgan fingerprint density at radius 3 is 2.64 bits per heavy atom. The van der Waals surface area contributed by atoms with Gasteiger partial charge in [0.2, 0.25) is 5.91 Å². The standard InChI is InChI=1S/C18H21N3O4/c1-13-4-2-6-15(10-13)20(9-8-18(19)23)12-17(22)14-5-3-7-16(11-14)21(24)25/h2-7,10-11,17,22H,8-9,12H2,1H3,(H2,19,23). The van der Waals surface area contributed by atoms with Crippen molar-refractivity contribution in [2.45, 2.75) is 19.4 Å². The van der Waals surface area contributed by atoms with Crippen LogP contribution in [0.5, 0.6) is 0 Å². The number of amides is 1. The number of nitro benzene ring substituents is 1. The van der Waals surface area contributed by atoms with Gasteiger partial charge in [-0.2, -0.15) is 0 Å². The zero-order valence-electron chi connectivity index (χ0n) is 14.0. The van der Waals surface area contributed by atoms with Crippen molar-refractivity contribution in [2.24, 2.45) is 5.73 Å². The minimum Gasteiger partial charge on any atom is -0.387 e. The van der Waals surface area contributed by atoms with Crippen LogP contribution in [0, 0.1) is 17.0 Å². The van der Waals surface area contributed by atoms with Gasteiger partial charge < -0.3 is 15.7 Å². The molecule has 1 amide bonds. The van der Waals surface area contributed by atoms with E-state index in [1.54, 1.807) is 6.07 Å². The van der Waals surface area contributed by atoms with Gasteiger partial charge in [-0.1, -0.05) is 24.3 Å². The summed E-state index contributed by atoms with van der Waals surface area (Å²) in [5, 5.41) is 21.4. The van der Waals surface area contributed by atoms with Crippen molar-refractivity contribution in [3.63, 3.8) is 0 Å². The summed E-state index contributed by atoms with van der Waals surface area (Å²) < 4.78 is 0. The maximum atomic E-state index is 11.1. The number of carbonyl (C=O) groups excluding carboxylic acids is 1. The Kier molecular flexibility index (Phi) is 6.08. The summed E-state index contributed by atoms with van der Waals surface area (Å²) >= 11 is 0. The molecule has 2 aromatic carbocycles. The molecule has 0 spiro atoms. The second kappa shape index (κ2) is 8.25. The molecule has 0 radical (unpaired) electrons. The third-order valence-corrected chi connectivity index (χ3v) is 3.85. The van der Waals surface area contributed by atoms with Crippen LogP contribution in [0.15, 0.2) is 48.5 Å². The second-order valence-electron chi connectivity index (χ2n) is 5.87. The van der Waals surface area contributed by atoms with Gasteiger partial charge in [-0.15, -0.1) is 0 Å². The Bertz CT molecular complexity index is 763. The lowest BCUT2D eigenvalue weighted by molar-refractivity contribution is -0.385. The monoisotopic (exact) mass is 343 g/mol. The molecule has 0 aliphatic rings. The van der Waals surface area contributed by atoms with Crippen LogP contribution in [0.3, 0.4) is 0 Å². The SMILES string of the molecule is Cc1cccc(N(CCC(N)=O)CC(O)c2cccc([N+](=O)[O-])c2)c1. The molecule has 0 saturated heterocycles. The molecule has 0 bridgehead atoms. The summed E-state index contributed by atoms with van der Waals surface area (Å²) in [6, 6.07) is 13.6. The number of anilines is 1. The number of primary amides is 1. The van der Waals surface area contributed by atoms with E-state index in [-0.39, 0.29) is 18.7 Å². The van der Waals surface area contributed by atoms with Crippen LogP contribution in [0.1, 0.15) is 23.7 Å². The molecule has 2 aromatic rings. The van der Waals surface area contributed by atoms with Gasteiger partial charge in [0.05, 0.1) is 11.0 Å². The van der Waals surface area contributed by atoms with Gasteiger partial charge in [0, 0.05) is 37.3 Å². The number of aliphatic hydroxyl groups excluding tert-OH is 1. The highest BCUT2D eigenvalue weighted by atomic mass is 16.6. The van der Waals surface area contributed by atoms with Gasteiger partial charge in [0.25, 0.3) is 5.69 Å². The minimum absolute atomic E-state index is 0.0733. The van der Waals surface area contributed by atoms with E-state index < -0.39 is 16.9 Å². The summed E-state index contributed by atoms with van der Waals surface area (Å²) in [5.41, 5.74) is 7.52. The number of aliphatic hydroxyl groups is 1. The Morgan fingerprint density at radius 1 is 1.28 bits per heavy atom. The highest BCUT2D eigenvalue weighted by Gasteiger charge is 2.17. The van der Waals surface area contributed by atoms with Crippen molar-refractivity contribution in [1.82, 2.24) is 0 Å². The Hall–Kier alpha value is -2.93. The summed E-state index contributed by atoms with van der Waals surface area (Å²) in [5.74, 6) is -0.428. The summed E-state index contributed by atoms with van der Waals surface area (Å²) in [4.78, 5) is 23.4.